The Bertz CT molecular complexity index is 1220. The van der Waals surface area contributed by atoms with Gasteiger partial charge < -0.3 is 5.32 Å². The minimum absolute atomic E-state index is 0.0371. The van der Waals surface area contributed by atoms with Gasteiger partial charge in [0.05, 0.1) is 15.8 Å². The van der Waals surface area contributed by atoms with Crippen LogP contribution in [-0.2, 0) is 19.6 Å². The van der Waals surface area contributed by atoms with E-state index in [0.717, 1.165) is 16.7 Å². The summed E-state index contributed by atoms with van der Waals surface area (Å²) in [4.78, 5) is 38.4. The number of nitrogens with one attached hydrogen (secondary N) is 2. The molecular weight excluding hydrogens is 509 g/mol. The number of carbonyl (C=O) groups excluding carboxylic acids is 3. The molecule has 1 atom stereocenters. The number of nitrogens with zero attached hydrogens (tertiary/aromatic N) is 1. The summed E-state index contributed by atoms with van der Waals surface area (Å²) in [5, 5.41) is 2.83. The SMILES string of the molecule is C[C@H](NS(=O)(=O)c1ccccc1)C(=O)NCCN1C(=O)SC(=Cc2ccc(Cl)cc2Cl)C1=O. The van der Waals surface area contributed by atoms with Crippen molar-refractivity contribution in [1.29, 1.82) is 0 Å². The summed E-state index contributed by atoms with van der Waals surface area (Å²) in [6.07, 6.45) is 1.50. The number of hydrogen-bond donors (Lipinski definition) is 2. The minimum Gasteiger partial charge on any atom is -0.353 e. The molecule has 0 aliphatic carbocycles. The summed E-state index contributed by atoms with van der Waals surface area (Å²) >= 11 is 12.7. The molecule has 8 nitrogen and oxygen atoms in total. The van der Waals surface area contributed by atoms with E-state index in [-0.39, 0.29) is 22.9 Å². The van der Waals surface area contributed by atoms with Gasteiger partial charge in [0.1, 0.15) is 0 Å². The van der Waals surface area contributed by atoms with Gasteiger partial charge in [-0.2, -0.15) is 4.72 Å². The lowest BCUT2D eigenvalue weighted by molar-refractivity contribution is -0.124. The molecule has 0 unspecified atom stereocenters. The number of hydrogen-bond acceptors (Lipinski definition) is 6. The van der Waals surface area contributed by atoms with Crippen LogP contribution in [0.15, 0.2) is 58.3 Å². The van der Waals surface area contributed by atoms with Gasteiger partial charge in [-0.15, -0.1) is 0 Å². The molecule has 12 heteroatoms. The second-order valence-corrected chi connectivity index (χ2v) is 10.5. The maximum Gasteiger partial charge on any atom is 0.293 e. The maximum absolute atomic E-state index is 12.6. The first-order valence-electron chi connectivity index (χ1n) is 9.64. The third-order valence-corrected chi connectivity index (χ3v) is 7.56. The molecule has 2 aromatic rings. The van der Waals surface area contributed by atoms with Crippen molar-refractivity contribution in [2.45, 2.75) is 17.9 Å². The Morgan fingerprint density at radius 3 is 2.52 bits per heavy atom. The van der Waals surface area contributed by atoms with Crippen molar-refractivity contribution in [3.8, 4) is 0 Å². The highest BCUT2D eigenvalue weighted by atomic mass is 35.5. The monoisotopic (exact) mass is 527 g/mol. The molecular formula is C21H19Cl2N3O5S2. The molecule has 1 saturated heterocycles. The summed E-state index contributed by atoms with van der Waals surface area (Å²) in [5.41, 5.74) is 0.541. The quantitative estimate of drug-likeness (QED) is 0.508. The minimum atomic E-state index is -3.87. The van der Waals surface area contributed by atoms with E-state index in [1.54, 1.807) is 30.3 Å². The van der Waals surface area contributed by atoms with Crippen LogP contribution >= 0.6 is 35.0 Å². The van der Waals surface area contributed by atoms with Crippen LogP contribution in [0.3, 0.4) is 0 Å². The van der Waals surface area contributed by atoms with Gasteiger partial charge in [0.15, 0.2) is 0 Å². The van der Waals surface area contributed by atoms with Gasteiger partial charge >= 0.3 is 0 Å². The molecule has 1 aliphatic rings. The van der Waals surface area contributed by atoms with Gasteiger partial charge in [0.25, 0.3) is 11.1 Å². The average Bonchev–Trinajstić information content (AvgIpc) is 3.03. The number of benzene rings is 2. The summed E-state index contributed by atoms with van der Waals surface area (Å²) in [6, 6.07) is 11.4. The lowest BCUT2D eigenvalue weighted by atomic mass is 10.2. The number of imide groups is 1. The van der Waals surface area contributed by atoms with E-state index in [2.05, 4.69) is 10.0 Å². The normalized spacial score (nSPS) is 16.3. The molecule has 3 amide bonds. The Kier molecular flexibility index (Phi) is 8.19. The Hall–Kier alpha value is -2.37. The third kappa shape index (κ3) is 6.36. The molecule has 0 saturated carbocycles. The zero-order chi connectivity index (χ0) is 24.2. The van der Waals surface area contributed by atoms with Gasteiger partial charge in [-0.05, 0) is 54.6 Å². The highest BCUT2D eigenvalue weighted by Gasteiger charge is 2.35. The Labute approximate surface area is 205 Å². The van der Waals surface area contributed by atoms with E-state index >= 15 is 0 Å². The van der Waals surface area contributed by atoms with Crippen molar-refractivity contribution in [2.24, 2.45) is 0 Å². The first-order chi connectivity index (χ1) is 15.6. The highest BCUT2D eigenvalue weighted by Crippen LogP contribution is 2.33. The van der Waals surface area contributed by atoms with Crippen LogP contribution in [0.2, 0.25) is 10.0 Å². The number of amides is 3. The van der Waals surface area contributed by atoms with E-state index in [1.165, 1.54) is 31.2 Å². The van der Waals surface area contributed by atoms with Crippen LogP contribution in [0, 0.1) is 0 Å². The van der Waals surface area contributed by atoms with Gasteiger partial charge in [-0.1, -0.05) is 47.5 Å². The van der Waals surface area contributed by atoms with Crippen molar-refractivity contribution < 1.29 is 22.8 Å². The number of halogens is 2. The van der Waals surface area contributed by atoms with Gasteiger partial charge in [-0.3, -0.25) is 19.3 Å². The Morgan fingerprint density at radius 2 is 1.85 bits per heavy atom. The van der Waals surface area contributed by atoms with Crippen molar-refractivity contribution >= 4 is 68.1 Å². The van der Waals surface area contributed by atoms with Crippen LogP contribution in [0.25, 0.3) is 6.08 Å². The molecule has 0 aromatic heterocycles. The summed E-state index contributed by atoms with van der Waals surface area (Å²) in [5.74, 6) is -1.10. The zero-order valence-corrected chi connectivity index (χ0v) is 20.4. The molecule has 3 rings (SSSR count). The van der Waals surface area contributed by atoms with Gasteiger partial charge in [-0.25, -0.2) is 8.42 Å². The smallest absolute Gasteiger partial charge is 0.293 e. The third-order valence-electron chi connectivity index (χ3n) is 4.54. The predicted molar refractivity (Wildman–Crippen MR) is 128 cm³/mol. The first-order valence-corrected chi connectivity index (χ1v) is 12.7. The average molecular weight is 528 g/mol. The van der Waals surface area contributed by atoms with E-state index in [9.17, 15) is 22.8 Å². The van der Waals surface area contributed by atoms with Gasteiger partial charge in [0.2, 0.25) is 15.9 Å². The number of sulfonamides is 1. The van der Waals surface area contributed by atoms with Crippen LogP contribution in [0.1, 0.15) is 12.5 Å². The molecule has 1 aliphatic heterocycles. The highest BCUT2D eigenvalue weighted by molar-refractivity contribution is 8.18. The van der Waals surface area contributed by atoms with Gasteiger partial charge in [0, 0.05) is 23.1 Å². The first kappa shape index (κ1) is 25.3. The number of carbonyl (C=O) groups is 3. The van der Waals surface area contributed by atoms with Crippen molar-refractivity contribution in [2.75, 3.05) is 13.1 Å². The lowest BCUT2D eigenvalue weighted by Crippen LogP contribution is -2.46. The van der Waals surface area contributed by atoms with Crippen LogP contribution in [-0.4, -0.2) is 49.5 Å². The standard InChI is InChI=1S/C21H19Cl2N3O5S2/c1-13(25-33(30,31)16-5-3-2-4-6-16)19(27)24-9-10-26-20(28)18(32-21(26)29)11-14-7-8-15(22)12-17(14)23/h2-8,11-13,25H,9-10H2,1H3,(H,24,27)/t13-/m0/s1. The molecule has 1 heterocycles. The molecule has 1 fully saturated rings. The van der Waals surface area contributed by atoms with Crippen molar-refractivity contribution in [1.82, 2.24) is 14.9 Å². The zero-order valence-electron chi connectivity index (χ0n) is 17.2. The van der Waals surface area contributed by atoms with E-state index in [0.29, 0.717) is 15.6 Å². The molecule has 2 aromatic carbocycles. The van der Waals surface area contributed by atoms with E-state index in [4.69, 9.17) is 23.2 Å². The summed E-state index contributed by atoms with van der Waals surface area (Å²) < 4.78 is 27.0. The fourth-order valence-corrected chi connectivity index (χ4v) is 5.39. The van der Waals surface area contributed by atoms with E-state index in [1.807, 2.05) is 0 Å². The Balaban J connectivity index is 1.55. The molecule has 0 radical (unpaired) electrons. The molecule has 174 valence electrons. The maximum atomic E-state index is 12.6. The lowest BCUT2D eigenvalue weighted by Gasteiger charge is -2.16. The fraction of sp³-hybridized carbons (Fsp3) is 0.190. The Morgan fingerprint density at radius 1 is 1.15 bits per heavy atom. The van der Waals surface area contributed by atoms with Crippen LogP contribution < -0.4 is 10.0 Å². The second-order valence-electron chi connectivity index (χ2n) is 6.95. The molecule has 2 N–H and O–H groups in total. The van der Waals surface area contributed by atoms with E-state index < -0.39 is 33.1 Å². The topological polar surface area (TPSA) is 113 Å². The second kappa shape index (κ2) is 10.7. The number of rotatable bonds is 8. The molecule has 0 spiro atoms. The molecule has 33 heavy (non-hydrogen) atoms. The molecule has 0 bridgehead atoms. The number of thioether (sulfide) groups is 1. The fourth-order valence-electron chi connectivity index (χ4n) is 2.85. The predicted octanol–water partition coefficient (Wildman–Crippen LogP) is 3.51. The summed E-state index contributed by atoms with van der Waals surface area (Å²) in [7, 11) is -3.87. The van der Waals surface area contributed by atoms with Crippen LogP contribution in [0.5, 0.6) is 0 Å². The van der Waals surface area contributed by atoms with Crippen molar-refractivity contribution in [3.05, 3.63) is 69.0 Å². The summed E-state index contributed by atoms with van der Waals surface area (Å²) in [6.45, 7) is 1.29. The largest absolute Gasteiger partial charge is 0.353 e. The van der Waals surface area contributed by atoms with Crippen molar-refractivity contribution in [3.63, 3.8) is 0 Å². The van der Waals surface area contributed by atoms with Crippen LogP contribution in [0.4, 0.5) is 4.79 Å².